The Bertz CT molecular complexity index is 471. The lowest BCUT2D eigenvalue weighted by Crippen LogP contribution is -2.29. The van der Waals surface area contributed by atoms with Crippen molar-refractivity contribution in [1.29, 1.82) is 0 Å². The van der Waals surface area contributed by atoms with Gasteiger partial charge in [-0.1, -0.05) is 6.08 Å². The molecule has 0 aliphatic carbocycles. The fourth-order valence-electron chi connectivity index (χ4n) is 1.27. The Hall–Kier alpha value is -2.50. The number of phenolic OH excluding ortho intramolecular Hbond substituents is 1. The molecule has 6 heteroatoms. The molecule has 0 bridgehead atoms. The lowest BCUT2D eigenvalue weighted by Gasteiger charge is -2.09. The Labute approximate surface area is 104 Å². The highest BCUT2D eigenvalue weighted by molar-refractivity contribution is 6.00. The smallest absolute Gasteiger partial charge is 0.337 e. The predicted octanol–water partition coefficient (Wildman–Crippen LogP) is 1.79. The molecule has 0 saturated carbocycles. The number of carbonyl (C=O) groups excluding carboxylic acids is 1. The number of nitrogens with one attached hydrogen (secondary N) is 2. The summed E-state index contributed by atoms with van der Waals surface area (Å²) in [5.41, 5.74) is -0.0507. The highest BCUT2D eigenvalue weighted by atomic mass is 16.4. The minimum atomic E-state index is -1.23. The number of carboxylic acid groups (broad SMARTS) is 1. The molecule has 0 fully saturated rings. The Morgan fingerprint density at radius 2 is 2.11 bits per heavy atom. The fraction of sp³-hybridized carbons (Fsp3) is 0.167. The normalized spacial score (nSPS) is 9.56. The summed E-state index contributed by atoms with van der Waals surface area (Å²) in [5.74, 6) is -1.41. The van der Waals surface area contributed by atoms with Crippen LogP contribution in [-0.2, 0) is 0 Å². The van der Waals surface area contributed by atoms with Gasteiger partial charge in [0.2, 0.25) is 0 Å². The molecule has 1 rings (SSSR count). The van der Waals surface area contributed by atoms with E-state index in [9.17, 15) is 14.7 Å². The Kier molecular flexibility index (Phi) is 4.74. The summed E-state index contributed by atoms with van der Waals surface area (Å²) in [6.45, 7) is 3.92. The van der Waals surface area contributed by atoms with Gasteiger partial charge in [-0.15, -0.1) is 6.58 Å². The van der Waals surface area contributed by atoms with E-state index in [1.54, 1.807) is 6.08 Å². The summed E-state index contributed by atoms with van der Waals surface area (Å²) >= 11 is 0. The number of rotatable bonds is 5. The highest BCUT2D eigenvalue weighted by Crippen LogP contribution is 2.21. The van der Waals surface area contributed by atoms with Crippen molar-refractivity contribution in [2.75, 3.05) is 11.9 Å². The van der Waals surface area contributed by atoms with Gasteiger partial charge in [0.15, 0.2) is 0 Å². The molecule has 0 unspecified atom stereocenters. The van der Waals surface area contributed by atoms with E-state index < -0.39 is 12.0 Å². The monoisotopic (exact) mass is 250 g/mol. The van der Waals surface area contributed by atoms with Crippen LogP contribution in [0.5, 0.6) is 5.75 Å². The molecule has 1 aromatic rings. The summed E-state index contributed by atoms with van der Waals surface area (Å²) in [5, 5.41) is 23.0. The molecule has 18 heavy (non-hydrogen) atoms. The van der Waals surface area contributed by atoms with E-state index in [1.165, 1.54) is 12.1 Å². The number of carbonyl (C=O) groups is 2. The lowest BCUT2D eigenvalue weighted by atomic mass is 10.1. The first-order valence-electron chi connectivity index (χ1n) is 5.26. The number of anilines is 1. The van der Waals surface area contributed by atoms with Crippen LogP contribution in [0.2, 0.25) is 0 Å². The molecule has 2 amide bonds. The summed E-state index contributed by atoms with van der Waals surface area (Å²) in [4.78, 5) is 22.4. The van der Waals surface area contributed by atoms with Crippen LogP contribution in [0.4, 0.5) is 10.5 Å². The van der Waals surface area contributed by atoms with Crippen molar-refractivity contribution in [3.8, 4) is 5.75 Å². The van der Waals surface area contributed by atoms with E-state index in [4.69, 9.17) is 5.11 Å². The molecule has 0 spiro atoms. The number of urea groups is 1. The molecule has 0 heterocycles. The Balaban J connectivity index is 2.74. The maximum Gasteiger partial charge on any atom is 0.337 e. The van der Waals surface area contributed by atoms with Gasteiger partial charge in [-0.05, 0) is 24.6 Å². The van der Waals surface area contributed by atoms with E-state index in [2.05, 4.69) is 17.2 Å². The number of hydrogen-bond acceptors (Lipinski definition) is 3. The van der Waals surface area contributed by atoms with Crippen molar-refractivity contribution in [2.45, 2.75) is 6.42 Å². The van der Waals surface area contributed by atoms with Crippen molar-refractivity contribution in [1.82, 2.24) is 5.32 Å². The van der Waals surface area contributed by atoms with Crippen molar-refractivity contribution in [2.24, 2.45) is 0 Å². The first-order valence-corrected chi connectivity index (χ1v) is 5.26. The largest absolute Gasteiger partial charge is 0.508 e. The van der Waals surface area contributed by atoms with Crippen LogP contribution in [0.3, 0.4) is 0 Å². The molecule has 0 aliphatic heterocycles. The van der Waals surface area contributed by atoms with Crippen LogP contribution in [0, 0.1) is 0 Å². The minimum Gasteiger partial charge on any atom is -0.508 e. The second-order valence-electron chi connectivity index (χ2n) is 3.49. The number of benzene rings is 1. The van der Waals surface area contributed by atoms with Gasteiger partial charge >= 0.3 is 12.0 Å². The van der Waals surface area contributed by atoms with Crippen molar-refractivity contribution in [3.63, 3.8) is 0 Å². The van der Waals surface area contributed by atoms with Crippen LogP contribution >= 0.6 is 0 Å². The number of aromatic hydroxyl groups is 1. The molecular weight excluding hydrogens is 236 g/mol. The van der Waals surface area contributed by atoms with Gasteiger partial charge in [0.05, 0.1) is 11.3 Å². The number of carboxylic acids is 1. The fourth-order valence-corrected chi connectivity index (χ4v) is 1.27. The van der Waals surface area contributed by atoms with Gasteiger partial charge in [0.25, 0.3) is 0 Å². The predicted molar refractivity (Wildman–Crippen MR) is 66.9 cm³/mol. The van der Waals surface area contributed by atoms with Crippen molar-refractivity contribution < 1.29 is 19.8 Å². The van der Waals surface area contributed by atoms with Crippen LogP contribution in [0.15, 0.2) is 30.9 Å². The summed E-state index contributed by atoms with van der Waals surface area (Å²) in [7, 11) is 0. The van der Waals surface area contributed by atoms with Crippen LogP contribution in [0.25, 0.3) is 0 Å². The second-order valence-corrected chi connectivity index (χ2v) is 3.49. The standard InChI is InChI=1S/C12H14N2O4/c1-2-3-6-13-12(18)14-10-5-4-8(15)7-9(10)11(16)17/h2,4-5,7,15H,1,3,6H2,(H,16,17)(H2,13,14,18). The summed E-state index contributed by atoms with van der Waals surface area (Å²) in [6.07, 6.45) is 2.28. The van der Waals surface area contributed by atoms with Crippen molar-refractivity contribution in [3.05, 3.63) is 36.4 Å². The zero-order valence-electron chi connectivity index (χ0n) is 9.64. The number of aromatic carboxylic acids is 1. The second kappa shape index (κ2) is 6.29. The van der Waals surface area contributed by atoms with E-state index in [1.807, 2.05) is 0 Å². The van der Waals surface area contributed by atoms with Crippen LogP contribution in [-0.4, -0.2) is 28.8 Å². The summed E-state index contributed by atoms with van der Waals surface area (Å²) in [6, 6.07) is 3.18. The van der Waals surface area contributed by atoms with Gasteiger partial charge in [-0.2, -0.15) is 0 Å². The average molecular weight is 250 g/mol. The van der Waals surface area contributed by atoms with Crippen LogP contribution in [0.1, 0.15) is 16.8 Å². The van der Waals surface area contributed by atoms with Crippen molar-refractivity contribution >= 4 is 17.7 Å². The summed E-state index contributed by atoms with van der Waals surface area (Å²) < 4.78 is 0. The SMILES string of the molecule is C=CCCNC(=O)Nc1ccc(O)cc1C(=O)O. The molecule has 0 aromatic heterocycles. The third-order valence-electron chi connectivity index (χ3n) is 2.12. The lowest BCUT2D eigenvalue weighted by molar-refractivity contribution is 0.0697. The van der Waals surface area contributed by atoms with Gasteiger partial charge in [-0.3, -0.25) is 0 Å². The van der Waals surface area contributed by atoms with E-state index in [-0.39, 0.29) is 17.0 Å². The quantitative estimate of drug-likeness (QED) is 0.363. The average Bonchev–Trinajstić information content (AvgIpc) is 2.31. The maximum absolute atomic E-state index is 11.4. The molecular formula is C12H14N2O4. The maximum atomic E-state index is 11.4. The number of phenols is 1. The van der Waals surface area contributed by atoms with Gasteiger partial charge in [-0.25, -0.2) is 9.59 Å². The topological polar surface area (TPSA) is 98.7 Å². The zero-order valence-corrected chi connectivity index (χ0v) is 9.64. The Morgan fingerprint density at radius 3 is 2.72 bits per heavy atom. The third kappa shape index (κ3) is 3.82. The van der Waals surface area contributed by atoms with E-state index in [0.29, 0.717) is 13.0 Å². The zero-order chi connectivity index (χ0) is 13.5. The molecule has 0 aliphatic rings. The molecule has 0 saturated heterocycles. The highest BCUT2D eigenvalue weighted by Gasteiger charge is 2.12. The molecule has 0 atom stereocenters. The third-order valence-corrected chi connectivity index (χ3v) is 2.12. The van der Waals surface area contributed by atoms with Gasteiger partial charge in [0, 0.05) is 6.54 Å². The molecule has 4 N–H and O–H groups in total. The molecule has 96 valence electrons. The minimum absolute atomic E-state index is 0.122. The Morgan fingerprint density at radius 1 is 1.39 bits per heavy atom. The van der Waals surface area contributed by atoms with E-state index >= 15 is 0 Å². The number of hydrogen-bond donors (Lipinski definition) is 4. The number of amides is 2. The van der Waals surface area contributed by atoms with Gasteiger partial charge < -0.3 is 20.8 Å². The first kappa shape index (κ1) is 13.6. The van der Waals surface area contributed by atoms with Crippen LogP contribution < -0.4 is 10.6 Å². The molecule has 1 aromatic carbocycles. The van der Waals surface area contributed by atoms with E-state index in [0.717, 1.165) is 6.07 Å². The molecule has 0 radical (unpaired) electrons. The first-order chi connectivity index (χ1) is 8.54. The van der Waals surface area contributed by atoms with Gasteiger partial charge in [0.1, 0.15) is 5.75 Å². The molecule has 6 nitrogen and oxygen atoms in total.